The van der Waals surface area contributed by atoms with Gasteiger partial charge in [0.1, 0.15) is 0 Å². The molecule has 17 heavy (non-hydrogen) atoms. The quantitative estimate of drug-likeness (QED) is 0.601. The molecule has 1 rings (SSSR count). The van der Waals surface area contributed by atoms with Gasteiger partial charge in [0.15, 0.2) is 0 Å². The molecule has 2 nitrogen and oxygen atoms in total. The third-order valence-electron chi connectivity index (χ3n) is 3.67. The summed E-state index contributed by atoms with van der Waals surface area (Å²) in [6.45, 7) is 14.7. The highest BCUT2D eigenvalue weighted by Gasteiger charge is 2.16. The number of rotatable bonds is 8. The first kappa shape index (κ1) is 15.0. The predicted molar refractivity (Wildman–Crippen MR) is 76.5 cm³/mol. The molecule has 0 unspecified atom stereocenters. The molecule has 0 radical (unpaired) electrons. The molecule has 1 heterocycles. The van der Waals surface area contributed by atoms with Gasteiger partial charge in [-0.1, -0.05) is 46.5 Å². The minimum absolute atomic E-state index is 0.815. The van der Waals surface area contributed by atoms with E-state index in [1.54, 1.807) is 0 Å². The first-order valence-electron chi connectivity index (χ1n) is 7.67. The monoisotopic (exact) mass is 240 g/mol. The average molecular weight is 240 g/mol. The highest BCUT2D eigenvalue weighted by molar-refractivity contribution is 4.72. The molecule has 0 aromatic carbocycles. The van der Waals surface area contributed by atoms with Gasteiger partial charge in [-0.2, -0.15) is 0 Å². The fraction of sp³-hybridized carbons (Fsp3) is 1.00. The lowest BCUT2D eigenvalue weighted by Crippen LogP contribution is -2.47. The van der Waals surface area contributed by atoms with Gasteiger partial charge in [-0.25, -0.2) is 0 Å². The predicted octanol–water partition coefficient (Wildman–Crippen LogP) is 3.23. The Kier molecular flexibility index (Phi) is 7.87. The average Bonchev–Trinajstić information content (AvgIpc) is 2.30. The molecule has 1 aliphatic heterocycles. The summed E-state index contributed by atoms with van der Waals surface area (Å²) in [4.78, 5) is 5.28. The van der Waals surface area contributed by atoms with Crippen LogP contribution >= 0.6 is 0 Å². The fourth-order valence-electron chi connectivity index (χ4n) is 2.65. The van der Waals surface area contributed by atoms with Gasteiger partial charge in [-0.15, -0.1) is 0 Å². The Morgan fingerprint density at radius 2 is 1.41 bits per heavy atom. The normalized spacial score (nSPS) is 19.1. The van der Waals surface area contributed by atoms with Crippen molar-refractivity contribution in [1.29, 1.82) is 0 Å². The molecule has 0 aromatic heterocycles. The lowest BCUT2D eigenvalue weighted by Gasteiger charge is -2.35. The molecule has 0 atom stereocenters. The summed E-state index contributed by atoms with van der Waals surface area (Å²) in [6.07, 6.45) is 7.05. The van der Waals surface area contributed by atoms with Crippen LogP contribution in [-0.2, 0) is 0 Å². The minimum atomic E-state index is 0.815. The van der Waals surface area contributed by atoms with Gasteiger partial charge in [0, 0.05) is 32.7 Å². The highest BCUT2D eigenvalue weighted by atomic mass is 15.3. The molecule has 1 fully saturated rings. The summed E-state index contributed by atoms with van der Waals surface area (Å²) >= 11 is 0. The zero-order valence-electron chi connectivity index (χ0n) is 12.2. The Morgan fingerprint density at radius 1 is 0.824 bits per heavy atom. The van der Waals surface area contributed by atoms with Gasteiger partial charge in [-0.05, 0) is 18.9 Å². The van der Waals surface area contributed by atoms with E-state index in [2.05, 4.69) is 30.6 Å². The van der Waals surface area contributed by atoms with E-state index >= 15 is 0 Å². The van der Waals surface area contributed by atoms with Gasteiger partial charge < -0.3 is 9.80 Å². The molecular weight excluding hydrogens is 208 g/mol. The summed E-state index contributed by atoms with van der Waals surface area (Å²) in [7, 11) is 0. The highest BCUT2D eigenvalue weighted by Crippen LogP contribution is 2.08. The van der Waals surface area contributed by atoms with Crippen LogP contribution in [0.25, 0.3) is 0 Å². The Balaban J connectivity index is 1.99. The van der Waals surface area contributed by atoms with E-state index in [9.17, 15) is 0 Å². The van der Waals surface area contributed by atoms with Crippen LogP contribution in [0.2, 0.25) is 0 Å². The largest absolute Gasteiger partial charge is 0.301 e. The third-order valence-corrected chi connectivity index (χ3v) is 3.67. The second-order valence-corrected chi connectivity index (χ2v) is 5.95. The molecule has 0 aromatic rings. The smallest absolute Gasteiger partial charge is 0.0110 e. The van der Waals surface area contributed by atoms with Crippen LogP contribution in [0.5, 0.6) is 0 Å². The Morgan fingerprint density at radius 3 is 2.00 bits per heavy atom. The standard InChI is InChI=1S/C15H32N2/c1-4-5-6-7-8-9-16-10-12-17(13-11-16)14-15(2)3/h15H,4-14H2,1-3H3. The fourth-order valence-corrected chi connectivity index (χ4v) is 2.65. The summed E-state index contributed by atoms with van der Waals surface area (Å²) in [5, 5.41) is 0. The number of hydrogen-bond donors (Lipinski definition) is 0. The first-order chi connectivity index (χ1) is 8.22. The summed E-state index contributed by atoms with van der Waals surface area (Å²) < 4.78 is 0. The first-order valence-corrected chi connectivity index (χ1v) is 7.67. The van der Waals surface area contributed by atoms with Crippen molar-refractivity contribution in [1.82, 2.24) is 9.80 Å². The van der Waals surface area contributed by atoms with Crippen molar-refractivity contribution < 1.29 is 0 Å². The van der Waals surface area contributed by atoms with E-state index in [0.717, 1.165) is 5.92 Å². The number of piperazine rings is 1. The molecular formula is C15H32N2. The Labute approximate surface area is 108 Å². The minimum Gasteiger partial charge on any atom is -0.301 e. The van der Waals surface area contributed by atoms with E-state index in [1.807, 2.05) is 0 Å². The molecule has 0 bridgehead atoms. The number of hydrogen-bond acceptors (Lipinski definition) is 2. The zero-order valence-corrected chi connectivity index (χ0v) is 12.2. The van der Waals surface area contributed by atoms with Crippen molar-refractivity contribution in [2.24, 2.45) is 5.92 Å². The SMILES string of the molecule is CCCCCCCN1CCN(CC(C)C)CC1. The topological polar surface area (TPSA) is 6.48 Å². The number of unbranched alkanes of at least 4 members (excludes halogenated alkanes) is 4. The lowest BCUT2D eigenvalue weighted by molar-refractivity contribution is 0.121. The van der Waals surface area contributed by atoms with Gasteiger partial charge >= 0.3 is 0 Å². The van der Waals surface area contributed by atoms with Crippen molar-refractivity contribution in [3.8, 4) is 0 Å². The van der Waals surface area contributed by atoms with Crippen LogP contribution < -0.4 is 0 Å². The second-order valence-electron chi connectivity index (χ2n) is 5.95. The van der Waals surface area contributed by atoms with Crippen LogP contribution in [-0.4, -0.2) is 49.1 Å². The van der Waals surface area contributed by atoms with Crippen LogP contribution in [0.1, 0.15) is 52.9 Å². The summed E-state index contributed by atoms with van der Waals surface area (Å²) in [6, 6.07) is 0. The maximum atomic E-state index is 2.66. The zero-order chi connectivity index (χ0) is 12.5. The lowest BCUT2D eigenvalue weighted by atomic mass is 10.1. The van der Waals surface area contributed by atoms with E-state index in [-0.39, 0.29) is 0 Å². The van der Waals surface area contributed by atoms with Gasteiger partial charge in [0.2, 0.25) is 0 Å². The molecule has 0 N–H and O–H groups in total. The van der Waals surface area contributed by atoms with Crippen molar-refractivity contribution in [2.75, 3.05) is 39.3 Å². The maximum absolute atomic E-state index is 2.66. The van der Waals surface area contributed by atoms with Gasteiger partial charge in [0.25, 0.3) is 0 Å². The van der Waals surface area contributed by atoms with Crippen molar-refractivity contribution >= 4 is 0 Å². The molecule has 0 spiro atoms. The van der Waals surface area contributed by atoms with Gasteiger partial charge in [0.05, 0.1) is 0 Å². The van der Waals surface area contributed by atoms with Crippen molar-refractivity contribution in [3.05, 3.63) is 0 Å². The van der Waals surface area contributed by atoms with Crippen LogP contribution in [0.15, 0.2) is 0 Å². The van der Waals surface area contributed by atoms with E-state index in [0.29, 0.717) is 0 Å². The van der Waals surface area contributed by atoms with Crippen LogP contribution in [0.4, 0.5) is 0 Å². The summed E-state index contributed by atoms with van der Waals surface area (Å²) in [5.74, 6) is 0.815. The van der Waals surface area contributed by atoms with E-state index in [1.165, 1.54) is 71.4 Å². The van der Waals surface area contributed by atoms with Crippen molar-refractivity contribution in [3.63, 3.8) is 0 Å². The Bertz CT molecular complexity index is 172. The summed E-state index contributed by atoms with van der Waals surface area (Å²) in [5.41, 5.74) is 0. The molecule has 1 saturated heterocycles. The molecule has 0 aliphatic carbocycles. The van der Waals surface area contributed by atoms with Crippen LogP contribution in [0.3, 0.4) is 0 Å². The maximum Gasteiger partial charge on any atom is 0.0110 e. The van der Waals surface area contributed by atoms with Crippen LogP contribution in [0, 0.1) is 5.92 Å². The van der Waals surface area contributed by atoms with Gasteiger partial charge in [-0.3, -0.25) is 0 Å². The molecule has 1 aliphatic rings. The van der Waals surface area contributed by atoms with E-state index in [4.69, 9.17) is 0 Å². The molecule has 102 valence electrons. The van der Waals surface area contributed by atoms with E-state index < -0.39 is 0 Å². The third kappa shape index (κ3) is 7.05. The Hall–Kier alpha value is -0.0800. The second kappa shape index (κ2) is 8.93. The molecule has 2 heteroatoms. The van der Waals surface area contributed by atoms with Crippen molar-refractivity contribution in [2.45, 2.75) is 52.9 Å². The molecule has 0 amide bonds. The number of nitrogens with zero attached hydrogens (tertiary/aromatic N) is 2. The molecule has 0 saturated carbocycles.